The zero-order valence-corrected chi connectivity index (χ0v) is 31.0. The molecule has 2 aromatic heterocycles. The normalized spacial score (nSPS) is 21.8. The number of carbonyl (C=O) groups is 2. The number of aliphatic hydroxyl groups excluding tert-OH is 2. The van der Waals surface area contributed by atoms with Crippen LogP contribution in [0.3, 0.4) is 0 Å². The third kappa shape index (κ3) is 10.9. The van der Waals surface area contributed by atoms with Crippen LogP contribution in [0.1, 0.15) is 91.9 Å². The second-order valence-corrected chi connectivity index (χ2v) is 17.4. The summed E-state index contributed by atoms with van der Waals surface area (Å²) >= 11 is 6.43. The van der Waals surface area contributed by atoms with Crippen molar-refractivity contribution < 1.29 is 52.4 Å². The van der Waals surface area contributed by atoms with Gasteiger partial charge in [0.1, 0.15) is 41.9 Å². The molecule has 15 nitrogen and oxygen atoms in total. The molecule has 2 aliphatic rings. The first-order chi connectivity index (χ1) is 23.4. The number of halogens is 1. The molecule has 4 atom stereocenters. The molecule has 2 fully saturated rings. The van der Waals surface area contributed by atoms with Gasteiger partial charge >= 0.3 is 19.5 Å². The van der Waals surface area contributed by atoms with Gasteiger partial charge in [0.05, 0.1) is 25.1 Å². The van der Waals surface area contributed by atoms with Gasteiger partial charge < -0.3 is 39.0 Å². The fourth-order valence-corrected chi connectivity index (χ4v) is 6.87. The van der Waals surface area contributed by atoms with Crippen molar-refractivity contribution in [3.63, 3.8) is 0 Å². The summed E-state index contributed by atoms with van der Waals surface area (Å²) in [7, 11) is -4.19. The van der Waals surface area contributed by atoms with E-state index in [-0.39, 0.29) is 47.0 Å². The minimum Gasteiger partial charge on any atom is -0.438 e. The number of hydrogen-bond donors (Lipinski definition) is 3. The van der Waals surface area contributed by atoms with Crippen LogP contribution in [0.15, 0.2) is 12.3 Å². The van der Waals surface area contributed by atoms with Gasteiger partial charge in [-0.05, 0) is 29.7 Å². The number of rotatable bonds is 15. The Labute approximate surface area is 297 Å². The maximum absolute atomic E-state index is 13.5. The monoisotopic (exact) mass is 742 g/mol. The van der Waals surface area contributed by atoms with Crippen LogP contribution < -0.4 is 5.32 Å². The van der Waals surface area contributed by atoms with Gasteiger partial charge in [0.2, 0.25) is 13.6 Å². The maximum atomic E-state index is 13.5. The summed E-state index contributed by atoms with van der Waals surface area (Å²) < 4.78 is 47.4. The predicted octanol–water partition coefficient (Wildman–Crippen LogP) is 5.61. The number of nitrogens with one attached hydrogen (secondary N) is 1. The molecule has 1 aliphatic heterocycles. The highest BCUT2D eigenvalue weighted by molar-refractivity contribution is 7.53. The first-order valence-corrected chi connectivity index (χ1v) is 18.7. The molecule has 0 unspecified atom stereocenters. The van der Waals surface area contributed by atoms with E-state index in [9.17, 15) is 29.6 Å². The largest absolute Gasteiger partial charge is 0.438 e. The molecular formula is C33H48ClN4O11P. The molecule has 17 heteroatoms. The number of anilines is 1. The smallest absolute Gasteiger partial charge is 0.361 e. The van der Waals surface area contributed by atoms with Gasteiger partial charge in [-0.3, -0.25) is 23.2 Å². The molecule has 0 radical (unpaired) electrons. The third-order valence-corrected chi connectivity index (χ3v) is 9.83. The molecule has 0 spiro atoms. The van der Waals surface area contributed by atoms with Crippen LogP contribution in [0.5, 0.6) is 0 Å². The van der Waals surface area contributed by atoms with Gasteiger partial charge in [0.25, 0.3) is 0 Å². The summed E-state index contributed by atoms with van der Waals surface area (Å²) in [6.07, 6.45) is 0.101. The molecule has 1 saturated heterocycles. The Morgan fingerprint density at radius 1 is 1.06 bits per heavy atom. The van der Waals surface area contributed by atoms with E-state index in [1.165, 1.54) is 4.57 Å². The Morgan fingerprint density at radius 2 is 1.64 bits per heavy atom. The van der Waals surface area contributed by atoms with Crippen LogP contribution in [0.4, 0.5) is 5.69 Å². The predicted molar refractivity (Wildman–Crippen MR) is 182 cm³/mol. The summed E-state index contributed by atoms with van der Waals surface area (Å²) in [6, 6.07) is 4.04. The Hall–Kier alpha value is -2.80. The SMILES string of the molecule is CC(C)(C)CC(=O)OCOP(=O)(COC[C@H]1O[C@@H](n2ccc3c(NC4CCCC4)c(C#N)c(Cl)nc32)[C@H](O)[C@@H]1O)OCOC(=O)CC(C)(C)C. The molecular weight excluding hydrogens is 695 g/mol. The number of carbonyl (C=O) groups excluding carboxylic acids is 2. The number of aliphatic hydroxyl groups is 2. The molecule has 0 bridgehead atoms. The van der Waals surface area contributed by atoms with Crippen molar-refractivity contribution in [3.05, 3.63) is 23.0 Å². The van der Waals surface area contributed by atoms with Gasteiger partial charge in [0, 0.05) is 17.6 Å². The second kappa shape index (κ2) is 16.7. The van der Waals surface area contributed by atoms with Crippen molar-refractivity contribution in [1.29, 1.82) is 5.26 Å². The van der Waals surface area contributed by atoms with E-state index in [1.54, 1.807) is 12.3 Å². The summed E-state index contributed by atoms with van der Waals surface area (Å²) in [5.41, 5.74) is 0.390. The first kappa shape index (κ1) is 40.0. The topological polar surface area (TPSA) is 201 Å². The lowest BCUT2D eigenvalue weighted by Gasteiger charge is -2.22. The van der Waals surface area contributed by atoms with Crippen LogP contribution in [0.2, 0.25) is 5.15 Å². The molecule has 4 rings (SSSR count). The molecule has 2 aromatic rings. The molecule has 278 valence electrons. The highest BCUT2D eigenvalue weighted by Crippen LogP contribution is 2.48. The number of nitrogens with zero attached hydrogens (tertiary/aromatic N) is 3. The summed E-state index contributed by atoms with van der Waals surface area (Å²) in [5.74, 6) is -1.16. The van der Waals surface area contributed by atoms with E-state index in [1.807, 2.05) is 41.5 Å². The highest BCUT2D eigenvalue weighted by atomic mass is 35.5. The number of fused-ring (bicyclic) bond motifs is 1. The van der Waals surface area contributed by atoms with Crippen molar-refractivity contribution in [3.8, 4) is 6.07 Å². The van der Waals surface area contributed by atoms with E-state index in [0.29, 0.717) is 16.7 Å². The quantitative estimate of drug-likeness (QED) is 0.0880. The van der Waals surface area contributed by atoms with Crippen molar-refractivity contribution in [2.24, 2.45) is 10.8 Å². The molecule has 0 amide bonds. The lowest BCUT2D eigenvalue weighted by atomic mass is 9.92. The standard InChI is InChI=1S/C33H48ClN4O11P/c1-32(2,3)13-24(39)45-17-47-50(43,48-18-46-25(40)14-33(4,5)6)19-44-16-23-27(41)28(42)31(49-23)38-12-11-21-26(36-20-9-7-8-10-20)22(15-35)29(34)37-30(21)38/h11-12,20,23,27-28,31,41-42H,7-10,13-14,16-19H2,1-6H3,(H,36,37)/t23-,27-,28-,31-/m1/s1. The number of nitriles is 1. The van der Waals surface area contributed by atoms with E-state index < -0.39 is 64.0 Å². The van der Waals surface area contributed by atoms with Crippen LogP contribution in [0, 0.1) is 22.2 Å². The number of hydrogen-bond acceptors (Lipinski definition) is 14. The molecule has 1 aliphatic carbocycles. The molecule has 3 N–H and O–H groups in total. The van der Waals surface area contributed by atoms with Crippen LogP contribution in [-0.4, -0.2) is 82.6 Å². The minimum absolute atomic E-state index is 0.0164. The Bertz CT molecular complexity index is 1550. The second-order valence-electron chi connectivity index (χ2n) is 15.0. The van der Waals surface area contributed by atoms with E-state index in [2.05, 4.69) is 16.4 Å². The molecule has 1 saturated carbocycles. The van der Waals surface area contributed by atoms with Gasteiger partial charge in [-0.1, -0.05) is 66.0 Å². The third-order valence-electron chi connectivity index (χ3n) is 8.06. The lowest BCUT2D eigenvalue weighted by molar-refractivity contribution is -0.154. The Balaban J connectivity index is 1.42. The van der Waals surface area contributed by atoms with Gasteiger partial charge in [0.15, 0.2) is 11.4 Å². The summed E-state index contributed by atoms with van der Waals surface area (Å²) in [4.78, 5) is 28.7. The molecule has 0 aromatic carbocycles. The molecule has 50 heavy (non-hydrogen) atoms. The zero-order valence-electron chi connectivity index (χ0n) is 29.3. The van der Waals surface area contributed by atoms with Gasteiger partial charge in [-0.2, -0.15) is 5.26 Å². The highest BCUT2D eigenvalue weighted by Gasteiger charge is 2.45. The van der Waals surface area contributed by atoms with E-state index in [0.717, 1.165) is 25.7 Å². The summed E-state index contributed by atoms with van der Waals surface area (Å²) in [5, 5.41) is 35.7. The fourth-order valence-electron chi connectivity index (χ4n) is 5.67. The Morgan fingerprint density at radius 3 is 2.18 bits per heavy atom. The van der Waals surface area contributed by atoms with Crippen LogP contribution in [-0.2, 0) is 42.1 Å². The van der Waals surface area contributed by atoms with Gasteiger partial charge in [-0.25, -0.2) is 4.98 Å². The van der Waals surface area contributed by atoms with Crippen molar-refractivity contribution in [2.75, 3.05) is 31.9 Å². The number of pyridine rings is 1. The summed E-state index contributed by atoms with van der Waals surface area (Å²) in [6.45, 7) is 9.32. The number of aromatic nitrogens is 2. The van der Waals surface area contributed by atoms with E-state index >= 15 is 0 Å². The average molecular weight is 743 g/mol. The number of esters is 2. The minimum atomic E-state index is -4.19. The van der Waals surface area contributed by atoms with Crippen LogP contribution in [0.25, 0.3) is 11.0 Å². The average Bonchev–Trinajstić information content (AvgIpc) is 3.72. The first-order valence-electron chi connectivity index (χ1n) is 16.5. The molecule has 3 heterocycles. The van der Waals surface area contributed by atoms with Crippen molar-refractivity contribution in [1.82, 2.24) is 9.55 Å². The van der Waals surface area contributed by atoms with Crippen LogP contribution >= 0.6 is 19.2 Å². The zero-order chi connectivity index (χ0) is 36.9. The number of ether oxygens (including phenoxy) is 4. The van der Waals surface area contributed by atoms with Crippen molar-refractivity contribution >= 4 is 47.9 Å². The van der Waals surface area contributed by atoms with E-state index in [4.69, 9.17) is 39.6 Å². The fraction of sp³-hybridized carbons (Fsp3) is 0.697. The van der Waals surface area contributed by atoms with Gasteiger partial charge in [-0.15, -0.1) is 0 Å². The Kier molecular flexibility index (Phi) is 13.3. The maximum Gasteiger partial charge on any atom is 0.361 e. The van der Waals surface area contributed by atoms with Crippen molar-refractivity contribution in [2.45, 2.75) is 111 Å². The lowest BCUT2D eigenvalue weighted by Crippen LogP contribution is -2.34.